The van der Waals surface area contributed by atoms with Gasteiger partial charge in [0.15, 0.2) is 5.76 Å². The van der Waals surface area contributed by atoms with Gasteiger partial charge in [0, 0.05) is 16.7 Å². The Bertz CT molecular complexity index is 664. The van der Waals surface area contributed by atoms with E-state index in [-0.39, 0.29) is 0 Å². The van der Waals surface area contributed by atoms with Gasteiger partial charge in [0.05, 0.1) is 17.0 Å². The summed E-state index contributed by atoms with van der Waals surface area (Å²) in [5.41, 5.74) is 0.858. The van der Waals surface area contributed by atoms with Crippen LogP contribution in [0.4, 0.5) is 0 Å². The van der Waals surface area contributed by atoms with Crippen LogP contribution in [-0.4, -0.2) is 5.16 Å². The van der Waals surface area contributed by atoms with E-state index in [4.69, 9.17) is 20.5 Å². The summed E-state index contributed by atoms with van der Waals surface area (Å²) in [6.07, 6.45) is 1.61. The number of hydrogen-bond donors (Lipinski definition) is 0. The van der Waals surface area contributed by atoms with Crippen molar-refractivity contribution in [3.05, 3.63) is 59.4 Å². The average Bonchev–Trinajstić information content (AvgIpc) is 3.09. The van der Waals surface area contributed by atoms with E-state index in [2.05, 4.69) is 5.16 Å². The molecule has 5 heteroatoms. The first kappa shape index (κ1) is 12.4. The highest BCUT2D eigenvalue weighted by atomic mass is 35.5. The van der Waals surface area contributed by atoms with Gasteiger partial charge in [-0.15, -0.1) is 11.8 Å². The van der Waals surface area contributed by atoms with E-state index < -0.39 is 0 Å². The van der Waals surface area contributed by atoms with Crippen LogP contribution in [0, 0.1) is 0 Å². The molecule has 0 bridgehead atoms. The third kappa shape index (κ3) is 2.85. The van der Waals surface area contributed by atoms with Gasteiger partial charge in [0.25, 0.3) is 0 Å². The van der Waals surface area contributed by atoms with Crippen LogP contribution in [0.5, 0.6) is 0 Å². The summed E-state index contributed by atoms with van der Waals surface area (Å²) in [4.78, 5) is 1.03. The molecule has 96 valence electrons. The first-order chi connectivity index (χ1) is 9.33. The van der Waals surface area contributed by atoms with Crippen LogP contribution in [0.1, 0.15) is 5.69 Å². The first-order valence-electron chi connectivity index (χ1n) is 5.70. The highest BCUT2D eigenvalue weighted by Crippen LogP contribution is 2.30. The molecule has 2 aromatic heterocycles. The Morgan fingerprint density at radius 2 is 2.00 bits per heavy atom. The predicted molar refractivity (Wildman–Crippen MR) is 75.2 cm³/mol. The smallest absolute Gasteiger partial charge is 0.202 e. The van der Waals surface area contributed by atoms with Crippen LogP contribution >= 0.6 is 23.4 Å². The molecule has 0 saturated heterocycles. The van der Waals surface area contributed by atoms with Gasteiger partial charge in [-0.25, -0.2) is 0 Å². The van der Waals surface area contributed by atoms with Crippen molar-refractivity contribution in [2.75, 3.05) is 0 Å². The molecule has 2 heterocycles. The van der Waals surface area contributed by atoms with E-state index in [0.29, 0.717) is 17.3 Å². The highest BCUT2D eigenvalue weighted by Gasteiger charge is 2.09. The SMILES string of the molecule is Clc1ccccc1SCc1cc(-c2ccco2)on1. The summed E-state index contributed by atoms with van der Waals surface area (Å²) in [5, 5.41) is 4.77. The van der Waals surface area contributed by atoms with Crippen LogP contribution in [0.25, 0.3) is 11.5 Å². The molecule has 0 fully saturated rings. The standard InChI is InChI=1S/C14H10ClNO2S/c15-11-4-1-2-6-14(11)19-9-10-8-13(18-16-10)12-5-3-7-17-12/h1-8H,9H2. The minimum Gasteiger partial charge on any atom is -0.461 e. The molecule has 0 aliphatic heterocycles. The van der Waals surface area contributed by atoms with Crippen molar-refractivity contribution in [3.8, 4) is 11.5 Å². The second kappa shape index (κ2) is 5.55. The molecular formula is C14H10ClNO2S. The fraction of sp³-hybridized carbons (Fsp3) is 0.0714. The Labute approximate surface area is 119 Å². The van der Waals surface area contributed by atoms with Gasteiger partial charge in [0.2, 0.25) is 5.76 Å². The zero-order valence-electron chi connectivity index (χ0n) is 9.88. The van der Waals surface area contributed by atoms with Gasteiger partial charge in [-0.3, -0.25) is 0 Å². The maximum Gasteiger partial charge on any atom is 0.202 e. The van der Waals surface area contributed by atoms with E-state index in [0.717, 1.165) is 15.6 Å². The third-order valence-electron chi connectivity index (χ3n) is 2.54. The van der Waals surface area contributed by atoms with Crippen molar-refractivity contribution in [1.82, 2.24) is 5.16 Å². The lowest BCUT2D eigenvalue weighted by molar-refractivity contribution is 0.413. The fourth-order valence-electron chi connectivity index (χ4n) is 1.63. The summed E-state index contributed by atoms with van der Waals surface area (Å²) in [6, 6.07) is 13.3. The number of benzene rings is 1. The number of aromatic nitrogens is 1. The topological polar surface area (TPSA) is 39.2 Å². The van der Waals surface area contributed by atoms with Gasteiger partial charge in [-0.1, -0.05) is 28.9 Å². The summed E-state index contributed by atoms with van der Waals surface area (Å²) < 4.78 is 10.5. The van der Waals surface area contributed by atoms with Gasteiger partial charge >= 0.3 is 0 Å². The van der Waals surface area contributed by atoms with Crippen molar-refractivity contribution < 1.29 is 8.94 Å². The molecule has 0 spiro atoms. The van der Waals surface area contributed by atoms with Crippen LogP contribution in [0.3, 0.4) is 0 Å². The molecule has 0 aliphatic rings. The number of nitrogens with zero attached hydrogens (tertiary/aromatic N) is 1. The van der Waals surface area contributed by atoms with Gasteiger partial charge < -0.3 is 8.94 Å². The van der Waals surface area contributed by atoms with Gasteiger partial charge in [-0.2, -0.15) is 0 Å². The molecular weight excluding hydrogens is 282 g/mol. The van der Waals surface area contributed by atoms with Crippen molar-refractivity contribution in [3.63, 3.8) is 0 Å². The van der Waals surface area contributed by atoms with Crippen LogP contribution < -0.4 is 0 Å². The van der Waals surface area contributed by atoms with Gasteiger partial charge in [-0.05, 0) is 24.3 Å². The van der Waals surface area contributed by atoms with Crippen LogP contribution in [0.15, 0.2) is 62.6 Å². The van der Waals surface area contributed by atoms with E-state index in [1.54, 1.807) is 18.0 Å². The second-order valence-corrected chi connectivity index (χ2v) is 5.30. The molecule has 3 rings (SSSR count). The lowest BCUT2D eigenvalue weighted by Gasteiger charge is -2.00. The fourth-order valence-corrected chi connectivity index (χ4v) is 2.75. The van der Waals surface area contributed by atoms with Crippen LogP contribution in [0.2, 0.25) is 5.02 Å². The third-order valence-corrected chi connectivity index (χ3v) is 4.08. The molecule has 0 radical (unpaired) electrons. The summed E-state index contributed by atoms with van der Waals surface area (Å²) in [5.74, 6) is 2.02. The Morgan fingerprint density at radius 1 is 1.11 bits per heavy atom. The maximum atomic E-state index is 6.10. The molecule has 0 saturated carbocycles. The molecule has 3 nitrogen and oxygen atoms in total. The monoisotopic (exact) mass is 291 g/mol. The van der Waals surface area contributed by atoms with Crippen molar-refractivity contribution in [1.29, 1.82) is 0 Å². The maximum absolute atomic E-state index is 6.10. The second-order valence-electron chi connectivity index (χ2n) is 3.88. The zero-order chi connectivity index (χ0) is 13.1. The molecule has 3 aromatic rings. The van der Waals surface area contributed by atoms with E-state index in [1.807, 2.05) is 42.5 Å². The molecule has 0 amide bonds. The predicted octanol–water partition coefficient (Wildman–Crippen LogP) is 4.88. The number of thioether (sulfide) groups is 1. The summed E-state index contributed by atoms with van der Waals surface area (Å²) in [7, 11) is 0. The largest absolute Gasteiger partial charge is 0.461 e. The minimum atomic E-state index is 0.639. The average molecular weight is 292 g/mol. The Kier molecular flexibility index (Phi) is 3.62. The van der Waals surface area contributed by atoms with Crippen molar-refractivity contribution >= 4 is 23.4 Å². The molecule has 1 aromatic carbocycles. The first-order valence-corrected chi connectivity index (χ1v) is 7.06. The zero-order valence-corrected chi connectivity index (χ0v) is 11.4. The summed E-state index contributed by atoms with van der Waals surface area (Å²) >= 11 is 7.72. The quantitative estimate of drug-likeness (QED) is 0.642. The molecule has 0 unspecified atom stereocenters. The van der Waals surface area contributed by atoms with Crippen LogP contribution in [-0.2, 0) is 5.75 Å². The lowest BCUT2D eigenvalue weighted by Crippen LogP contribution is -1.80. The van der Waals surface area contributed by atoms with E-state index in [1.165, 1.54) is 0 Å². The Balaban J connectivity index is 1.70. The summed E-state index contributed by atoms with van der Waals surface area (Å²) in [6.45, 7) is 0. The molecule has 0 aliphatic carbocycles. The van der Waals surface area contributed by atoms with Crippen molar-refractivity contribution in [2.45, 2.75) is 10.6 Å². The van der Waals surface area contributed by atoms with Crippen molar-refractivity contribution in [2.24, 2.45) is 0 Å². The molecule has 0 atom stereocenters. The number of furan rings is 1. The normalized spacial score (nSPS) is 10.8. The van der Waals surface area contributed by atoms with Gasteiger partial charge in [0.1, 0.15) is 0 Å². The highest BCUT2D eigenvalue weighted by molar-refractivity contribution is 7.98. The minimum absolute atomic E-state index is 0.639. The molecule has 0 N–H and O–H groups in total. The Morgan fingerprint density at radius 3 is 2.79 bits per heavy atom. The number of hydrogen-bond acceptors (Lipinski definition) is 4. The number of rotatable bonds is 4. The van der Waals surface area contributed by atoms with E-state index >= 15 is 0 Å². The number of halogens is 1. The Hall–Kier alpha value is -1.65. The van der Waals surface area contributed by atoms with E-state index in [9.17, 15) is 0 Å². The molecule has 19 heavy (non-hydrogen) atoms. The lowest BCUT2D eigenvalue weighted by atomic mass is 10.3.